The van der Waals surface area contributed by atoms with Crippen molar-refractivity contribution in [3.05, 3.63) is 12.2 Å². The topological polar surface area (TPSA) is 63.7 Å². The molecule has 2 fully saturated rings. The molecule has 0 radical (unpaired) electrons. The van der Waals surface area contributed by atoms with E-state index in [1.807, 2.05) is 0 Å². The molecule has 0 aromatic carbocycles. The number of hydrogen-bond donors (Lipinski definition) is 0. The van der Waals surface area contributed by atoms with Crippen molar-refractivity contribution in [2.75, 3.05) is 0 Å². The first-order chi connectivity index (χ1) is 9.18. The Morgan fingerprint density at radius 1 is 1.05 bits per heavy atom. The molecule has 3 rings (SSSR count). The van der Waals surface area contributed by atoms with Crippen LogP contribution in [0.25, 0.3) is 0 Å². The quantitative estimate of drug-likeness (QED) is 0.560. The summed E-state index contributed by atoms with van der Waals surface area (Å²) < 4.78 is 0. The molecule has 1 heterocycles. The second-order valence-electron chi connectivity index (χ2n) is 5.47. The summed E-state index contributed by atoms with van der Waals surface area (Å²) >= 11 is 0. The van der Waals surface area contributed by atoms with Gasteiger partial charge in [0.05, 0.1) is 5.92 Å². The van der Waals surface area contributed by atoms with Crippen molar-refractivity contribution in [3.8, 4) is 0 Å². The van der Waals surface area contributed by atoms with Gasteiger partial charge in [-0.1, -0.05) is 12.2 Å². The Kier molecular flexibility index (Phi) is 3.12. The first kappa shape index (κ1) is 12.4. The SMILES string of the molecule is O=C(ON1C(=O)CCC1=O)C1C2CC/C=C\CCC21. The Morgan fingerprint density at radius 2 is 1.58 bits per heavy atom. The van der Waals surface area contributed by atoms with Gasteiger partial charge in [-0.3, -0.25) is 9.59 Å². The average Bonchev–Trinajstić information content (AvgIpc) is 2.94. The first-order valence-electron chi connectivity index (χ1n) is 6.91. The summed E-state index contributed by atoms with van der Waals surface area (Å²) in [5, 5.41) is 0.659. The highest BCUT2D eigenvalue weighted by atomic mass is 16.7. The van der Waals surface area contributed by atoms with Crippen LogP contribution in [-0.4, -0.2) is 22.8 Å². The smallest absolute Gasteiger partial charge is 0.330 e. The van der Waals surface area contributed by atoms with E-state index in [9.17, 15) is 14.4 Å². The monoisotopic (exact) mass is 263 g/mol. The summed E-state index contributed by atoms with van der Waals surface area (Å²) in [5.41, 5.74) is 0. The van der Waals surface area contributed by atoms with E-state index >= 15 is 0 Å². The Balaban J connectivity index is 1.60. The van der Waals surface area contributed by atoms with Crippen LogP contribution < -0.4 is 0 Å². The van der Waals surface area contributed by atoms with Gasteiger partial charge >= 0.3 is 5.97 Å². The van der Waals surface area contributed by atoms with Gasteiger partial charge in [-0.15, -0.1) is 5.06 Å². The lowest BCUT2D eigenvalue weighted by molar-refractivity contribution is -0.199. The molecular weight excluding hydrogens is 246 g/mol. The van der Waals surface area contributed by atoms with E-state index in [2.05, 4.69) is 12.2 Å². The van der Waals surface area contributed by atoms with Crippen molar-refractivity contribution in [3.63, 3.8) is 0 Å². The van der Waals surface area contributed by atoms with E-state index in [1.165, 1.54) is 0 Å². The van der Waals surface area contributed by atoms with Crippen LogP contribution in [0.2, 0.25) is 0 Å². The number of allylic oxidation sites excluding steroid dienone is 2. The van der Waals surface area contributed by atoms with E-state index in [4.69, 9.17) is 4.84 Å². The fourth-order valence-electron chi connectivity index (χ4n) is 3.20. The summed E-state index contributed by atoms with van der Waals surface area (Å²) in [7, 11) is 0. The molecule has 0 aromatic rings. The molecule has 102 valence electrons. The summed E-state index contributed by atoms with van der Waals surface area (Å²) in [4.78, 5) is 39.9. The number of rotatable bonds is 2. The Labute approximate surface area is 111 Å². The van der Waals surface area contributed by atoms with Crippen LogP contribution in [-0.2, 0) is 19.2 Å². The fraction of sp³-hybridized carbons (Fsp3) is 0.643. The summed E-state index contributed by atoms with van der Waals surface area (Å²) in [5.74, 6) is -0.603. The van der Waals surface area contributed by atoms with Crippen molar-refractivity contribution in [1.82, 2.24) is 5.06 Å². The predicted molar refractivity (Wildman–Crippen MR) is 65.3 cm³/mol. The van der Waals surface area contributed by atoms with Gasteiger partial charge in [-0.05, 0) is 37.5 Å². The Bertz CT molecular complexity index is 424. The average molecular weight is 263 g/mol. The molecule has 2 amide bonds. The van der Waals surface area contributed by atoms with E-state index in [-0.39, 0.29) is 18.8 Å². The maximum absolute atomic E-state index is 12.1. The van der Waals surface area contributed by atoms with Crippen LogP contribution in [0.4, 0.5) is 0 Å². The van der Waals surface area contributed by atoms with Gasteiger partial charge in [0.1, 0.15) is 0 Å². The molecule has 0 spiro atoms. The zero-order chi connectivity index (χ0) is 13.4. The van der Waals surface area contributed by atoms with Gasteiger partial charge in [-0.25, -0.2) is 4.79 Å². The van der Waals surface area contributed by atoms with Gasteiger partial charge in [0.15, 0.2) is 0 Å². The molecule has 5 nitrogen and oxygen atoms in total. The molecule has 0 bridgehead atoms. The number of carbonyl (C=O) groups excluding carboxylic acids is 3. The third-order valence-corrected chi connectivity index (χ3v) is 4.29. The van der Waals surface area contributed by atoms with Gasteiger partial charge in [0.2, 0.25) is 0 Å². The highest BCUT2D eigenvalue weighted by Gasteiger charge is 2.55. The molecule has 2 unspecified atom stereocenters. The summed E-state index contributed by atoms with van der Waals surface area (Å²) in [6.07, 6.45) is 8.57. The van der Waals surface area contributed by atoms with Crippen LogP contribution in [0.3, 0.4) is 0 Å². The number of imide groups is 1. The van der Waals surface area contributed by atoms with Gasteiger partial charge in [0.25, 0.3) is 11.8 Å². The highest BCUT2D eigenvalue weighted by Crippen LogP contribution is 2.53. The van der Waals surface area contributed by atoms with Crippen LogP contribution in [0, 0.1) is 17.8 Å². The minimum Gasteiger partial charge on any atom is -0.330 e. The summed E-state index contributed by atoms with van der Waals surface area (Å²) in [6.45, 7) is 0. The van der Waals surface area contributed by atoms with Crippen LogP contribution in [0.15, 0.2) is 12.2 Å². The van der Waals surface area contributed by atoms with Crippen molar-refractivity contribution < 1.29 is 19.2 Å². The highest BCUT2D eigenvalue weighted by molar-refractivity contribution is 6.01. The molecule has 3 aliphatic rings. The van der Waals surface area contributed by atoms with Crippen LogP contribution in [0.1, 0.15) is 38.5 Å². The molecule has 2 aliphatic carbocycles. The molecule has 1 saturated carbocycles. The van der Waals surface area contributed by atoms with E-state index in [0.29, 0.717) is 16.9 Å². The summed E-state index contributed by atoms with van der Waals surface area (Å²) in [6, 6.07) is 0. The number of fused-ring (bicyclic) bond motifs is 1. The van der Waals surface area contributed by atoms with Gasteiger partial charge in [0, 0.05) is 12.8 Å². The Hall–Kier alpha value is -1.65. The maximum Gasteiger partial charge on any atom is 0.336 e. The van der Waals surface area contributed by atoms with Crippen molar-refractivity contribution in [2.24, 2.45) is 17.8 Å². The van der Waals surface area contributed by atoms with Gasteiger partial charge < -0.3 is 4.84 Å². The Morgan fingerprint density at radius 3 is 2.11 bits per heavy atom. The lowest BCUT2D eigenvalue weighted by atomic mass is 10.1. The van der Waals surface area contributed by atoms with Gasteiger partial charge in [-0.2, -0.15) is 0 Å². The molecule has 0 aromatic heterocycles. The van der Waals surface area contributed by atoms with Crippen molar-refractivity contribution in [2.45, 2.75) is 38.5 Å². The molecule has 5 heteroatoms. The normalized spacial score (nSPS) is 35.4. The van der Waals surface area contributed by atoms with E-state index < -0.39 is 17.8 Å². The number of hydroxylamine groups is 2. The molecule has 1 saturated heterocycles. The lowest BCUT2D eigenvalue weighted by Crippen LogP contribution is -2.33. The standard InChI is InChI=1S/C14H17NO4/c16-11-7-8-12(17)15(11)19-14(18)13-9-5-3-1-2-4-6-10(9)13/h1-2,9-10,13H,3-8H2/b2-1-. The van der Waals surface area contributed by atoms with Crippen LogP contribution >= 0.6 is 0 Å². The molecule has 2 atom stereocenters. The minimum absolute atomic E-state index is 0.124. The fourth-order valence-corrected chi connectivity index (χ4v) is 3.20. The number of hydrogen-bond acceptors (Lipinski definition) is 4. The third-order valence-electron chi connectivity index (χ3n) is 4.29. The zero-order valence-electron chi connectivity index (χ0n) is 10.7. The lowest BCUT2D eigenvalue weighted by Gasteiger charge is -2.12. The second-order valence-corrected chi connectivity index (χ2v) is 5.47. The van der Waals surface area contributed by atoms with Crippen molar-refractivity contribution >= 4 is 17.8 Å². The second kappa shape index (κ2) is 4.79. The van der Waals surface area contributed by atoms with E-state index in [0.717, 1.165) is 25.7 Å². The van der Waals surface area contributed by atoms with Crippen molar-refractivity contribution in [1.29, 1.82) is 0 Å². The number of carbonyl (C=O) groups is 3. The zero-order valence-corrected chi connectivity index (χ0v) is 10.7. The molecular formula is C14H17NO4. The number of nitrogens with zero attached hydrogens (tertiary/aromatic N) is 1. The molecule has 0 N–H and O–H groups in total. The first-order valence-corrected chi connectivity index (χ1v) is 6.91. The maximum atomic E-state index is 12.1. The molecule has 19 heavy (non-hydrogen) atoms. The van der Waals surface area contributed by atoms with Crippen LogP contribution in [0.5, 0.6) is 0 Å². The molecule has 1 aliphatic heterocycles. The predicted octanol–water partition coefficient (Wildman–Crippen LogP) is 1.59. The largest absolute Gasteiger partial charge is 0.336 e. The van der Waals surface area contributed by atoms with E-state index in [1.54, 1.807) is 0 Å². The third kappa shape index (κ3) is 2.29. The minimum atomic E-state index is -0.405. The number of amides is 2.